The second-order valence-corrected chi connectivity index (χ2v) is 6.73. The lowest BCUT2D eigenvalue weighted by Crippen LogP contribution is -2.38. The molecule has 0 aliphatic carbocycles. The number of guanidine groups is 1. The zero-order chi connectivity index (χ0) is 16.9. The summed E-state index contributed by atoms with van der Waals surface area (Å²) in [6.07, 6.45) is 2.56. The zero-order valence-electron chi connectivity index (χ0n) is 14.5. The second kappa shape index (κ2) is 12.2. The second-order valence-electron chi connectivity index (χ2n) is 5.56. The molecule has 1 aliphatic heterocycles. The van der Waals surface area contributed by atoms with Crippen molar-refractivity contribution in [3.63, 3.8) is 0 Å². The van der Waals surface area contributed by atoms with Crippen LogP contribution in [0.5, 0.6) is 0 Å². The van der Waals surface area contributed by atoms with Crippen LogP contribution < -0.4 is 10.6 Å². The molecule has 0 saturated carbocycles. The Labute approximate surface area is 149 Å². The highest BCUT2D eigenvalue weighted by Gasteiger charge is 2.14. The molecule has 0 bridgehead atoms. The maximum Gasteiger partial charge on any atom is 0.191 e. The summed E-state index contributed by atoms with van der Waals surface area (Å²) < 4.78 is 11.2. The van der Waals surface area contributed by atoms with Gasteiger partial charge in [0, 0.05) is 30.3 Å². The highest BCUT2D eigenvalue weighted by atomic mass is 32.2. The maximum atomic E-state index is 5.64. The van der Waals surface area contributed by atoms with E-state index in [1.807, 2.05) is 17.8 Å². The van der Waals surface area contributed by atoms with Crippen LogP contribution in [-0.2, 0) is 9.47 Å². The van der Waals surface area contributed by atoms with Gasteiger partial charge in [-0.1, -0.05) is 18.2 Å². The minimum atomic E-state index is 0.287. The Morgan fingerprint density at radius 2 is 2.21 bits per heavy atom. The van der Waals surface area contributed by atoms with Crippen molar-refractivity contribution >= 4 is 17.7 Å². The van der Waals surface area contributed by atoms with Gasteiger partial charge in [-0.3, -0.25) is 4.99 Å². The summed E-state index contributed by atoms with van der Waals surface area (Å²) in [4.78, 5) is 5.84. The fourth-order valence-corrected chi connectivity index (χ4v) is 3.20. The third-order valence-corrected chi connectivity index (χ3v) is 4.60. The highest BCUT2D eigenvalue weighted by molar-refractivity contribution is 7.99. The number of aliphatic imine (C=N–C) groups is 1. The first-order chi connectivity index (χ1) is 11.9. The summed E-state index contributed by atoms with van der Waals surface area (Å²) in [6.45, 7) is 6.67. The molecule has 0 radical (unpaired) electrons. The van der Waals surface area contributed by atoms with Crippen LogP contribution in [0.25, 0.3) is 0 Å². The van der Waals surface area contributed by atoms with Gasteiger partial charge in [0.05, 0.1) is 25.9 Å². The van der Waals surface area contributed by atoms with Gasteiger partial charge in [-0.05, 0) is 31.9 Å². The normalized spacial score (nSPS) is 17.9. The molecule has 2 rings (SSSR count). The Morgan fingerprint density at radius 1 is 1.33 bits per heavy atom. The Morgan fingerprint density at radius 3 is 2.96 bits per heavy atom. The largest absolute Gasteiger partial charge is 0.377 e. The van der Waals surface area contributed by atoms with Crippen molar-refractivity contribution in [2.75, 3.05) is 45.2 Å². The molecule has 1 saturated heterocycles. The Bertz CT molecular complexity index is 465. The Kier molecular flexibility index (Phi) is 9.68. The maximum absolute atomic E-state index is 5.64. The van der Waals surface area contributed by atoms with Crippen LogP contribution in [-0.4, -0.2) is 57.3 Å². The topological polar surface area (TPSA) is 54.9 Å². The van der Waals surface area contributed by atoms with Crippen LogP contribution in [0.2, 0.25) is 0 Å². The summed E-state index contributed by atoms with van der Waals surface area (Å²) in [5.74, 6) is 1.86. The molecular formula is C18H29N3O2S. The van der Waals surface area contributed by atoms with Gasteiger partial charge in [-0.25, -0.2) is 0 Å². The van der Waals surface area contributed by atoms with E-state index < -0.39 is 0 Å². The van der Waals surface area contributed by atoms with Gasteiger partial charge in [0.1, 0.15) is 0 Å². The SMILES string of the molecule is CCNC(=NCCOCC1CCCO1)NCCSc1ccccc1. The zero-order valence-corrected chi connectivity index (χ0v) is 15.3. The monoisotopic (exact) mass is 351 g/mol. The van der Waals surface area contributed by atoms with Gasteiger partial charge in [0.25, 0.3) is 0 Å². The van der Waals surface area contributed by atoms with Crippen molar-refractivity contribution in [2.24, 2.45) is 4.99 Å². The molecule has 0 spiro atoms. The molecule has 0 aromatic heterocycles. The van der Waals surface area contributed by atoms with Gasteiger partial charge in [-0.15, -0.1) is 11.8 Å². The van der Waals surface area contributed by atoms with E-state index in [2.05, 4.69) is 46.8 Å². The average molecular weight is 352 g/mol. The lowest BCUT2D eigenvalue weighted by Gasteiger charge is -2.12. The Balaban J connectivity index is 1.57. The van der Waals surface area contributed by atoms with E-state index in [1.54, 1.807) is 0 Å². The van der Waals surface area contributed by atoms with Gasteiger partial charge in [0.2, 0.25) is 0 Å². The van der Waals surface area contributed by atoms with Gasteiger partial charge in [0.15, 0.2) is 5.96 Å². The number of thioether (sulfide) groups is 1. The molecule has 134 valence electrons. The lowest BCUT2D eigenvalue weighted by atomic mass is 10.2. The summed E-state index contributed by atoms with van der Waals surface area (Å²) in [5, 5.41) is 6.62. The van der Waals surface area contributed by atoms with Crippen molar-refractivity contribution in [3.8, 4) is 0 Å². The van der Waals surface area contributed by atoms with Crippen molar-refractivity contribution in [1.29, 1.82) is 0 Å². The number of hydrogen-bond acceptors (Lipinski definition) is 4. The lowest BCUT2D eigenvalue weighted by molar-refractivity contribution is 0.0200. The van der Waals surface area contributed by atoms with E-state index in [1.165, 1.54) is 4.90 Å². The third-order valence-electron chi connectivity index (χ3n) is 3.58. The molecule has 1 aromatic carbocycles. The molecule has 1 unspecified atom stereocenters. The van der Waals surface area contributed by atoms with Crippen LogP contribution >= 0.6 is 11.8 Å². The van der Waals surface area contributed by atoms with Crippen molar-refractivity contribution in [2.45, 2.75) is 30.8 Å². The van der Waals surface area contributed by atoms with E-state index >= 15 is 0 Å². The minimum Gasteiger partial charge on any atom is -0.377 e. The van der Waals surface area contributed by atoms with Crippen molar-refractivity contribution in [1.82, 2.24) is 10.6 Å². The van der Waals surface area contributed by atoms with Crippen LogP contribution in [0, 0.1) is 0 Å². The first-order valence-electron chi connectivity index (χ1n) is 8.78. The molecule has 2 N–H and O–H groups in total. The number of hydrogen-bond donors (Lipinski definition) is 2. The molecule has 6 heteroatoms. The molecule has 1 atom stereocenters. The summed E-state index contributed by atoms with van der Waals surface area (Å²) in [5.41, 5.74) is 0. The fourth-order valence-electron chi connectivity index (χ4n) is 2.41. The van der Waals surface area contributed by atoms with E-state index in [-0.39, 0.29) is 6.10 Å². The third kappa shape index (κ3) is 8.04. The summed E-state index contributed by atoms with van der Waals surface area (Å²) in [7, 11) is 0. The number of rotatable bonds is 10. The van der Waals surface area contributed by atoms with Gasteiger partial charge < -0.3 is 20.1 Å². The van der Waals surface area contributed by atoms with Gasteiger partial charge in [-0.2, -0.15) is 0 Å². The van der Waals surface area contributed by atoms with Crippen LogP contribution in [0.1, 0.15) is 19.8 Å². The van der Waals surface area contributed by atoms with Gasteiger partial charge >= 0.3 is 0 Å². The molecule has 0 amide bonds. The number of ether oxygens (including phenoxy) is 2. The standard InChI is InChI=1S/C18H29N3O2S/c1-2-19-18(20-10-13-22-15-16-7-6-12-23-16)21-11-14-24-17-8-4-3-5-9-17/h3-5,8-9,16H,2,6-7,10-15H2,1H3,(H2,19,20,21). The molecule has 5 nitrogen and oxygen atoms in total. The van der Waals surface area contributed by atoms with Crippen molar-refractivity contribution in [3.05, 3.63) is 30.3 Å². The van der Waals surface area contributed by atoms with Crippen molar-refractivity contribution < 1.29 is 9.47 Å². The smallest absolute Gasteiger partial charge is 0.191 e. The number of benzene rings is 1. The first-order valence-corrected chi connectivity index (χ1v) is 9.76. The minimum absolute atomic E-state index is 0.287. The van der Waals surface area contributed by atoms with E-state index in [4.69, 9.17) is 9.47 Å². The average Bonchev–Trinajstić information content (AvgIpc) is 3.12. The molecular weight excluding hydrogens is 322 g/mol. The van der Waals surface area contributed by atoms with Crippen LogP contribution in [0.15, 0.2) is 40.2 Å². The quantitative estimate of drug-likeness (QED) is 0.294. The predicted molar refractivity (Wildman–Crippen MR) is 101 cm³/mol. The van der Waals surface area contributed by atoms with E-state index in [0.717, 1.165) is 44.3 Å². The van der Waals surface area contributed by atoms with Crippen LogP contribution in [0.3, 0.4) is 0 Å². The number of nitrogens with zero attached hydrogens (tertiary/aromatic N) is 1. The Hall–Kier alpha value is -1.24. The summed E-state index contributed by atoms with van der Waals surface area (Å²) in [6, 6.07) is 10.4. The van der Waals surface area contributed by atoms with E-state index in [9.17, 15) is 0 Å². The van der Waals surface area contributed by atoms with Crippen LogP contribution in [0.4, 0.5) is 0 Å². The molecule has 1 aromatic rings. The molecule has 24 heavy (non-hydrogen) atoms. The molecule has 1 aliphatic rings. The molecule has 1 heterocycles. The molecule has 1 fully saturated rings. The predicted octanol–water partition coefficient (Wildman–Crippen LogP) is 2.53. The fraction of sp³-hybridized carbons (Fsp3) is 0.611. The number of nitrogens with one attached hydrogen (secondary N) is 2. The summed E-state index contributed by atoms with van der Waals surface area (Å²) >= 11 is 1.84. The van der Waals surface area contributed by atoms with E-state index in [0.29, 0.717) is 19.8 Å². The first kappa shape index (κ1) is 19.1. The highest BCUT2D eigenvalue weighted by Crippen LogP contribution is 2.15.